The van der Waals surface area contributed by atoms with Crippen molar-refractivity contribution in [1.29, 1.82) is 0 Å². The highest BCUT2D eigenvalue weighted by Gasteiger charge is 2.11. The number of nitrogens with zero attached hydrogens (tertiary/aromatic N) is 3. The number of carbonyl (C=O) groups excluding carboxylic acids is 1. The van der Waals surface area contributed by atoms with Crippen LogP contribution >= 0.6 is 0 Å². The molecule has 0 fully saturated rings. The molecule has 5 heteroatoms. The molecule has 0 saturated heterocycles. The number of halogens is 1. The van der Waals surface area contributed by atoms with E-state index in [-0.39, 0.29) is 24.4 Å². The summed E-state index contributed by atoms with van der Waals surface area (Å²) in [6.45, 7) is 4.93. The summed E-state index contributed by atoms with van der Waals surface area (Å²) >= 11 is 0. The highest BCUT2D eigenvalue weighted by molar-refractivity contribution is 5.82. The van der Waals surface area contributed by atoms with Gasteiger partial charge in [0.05, 0.1) is 6.42 Å². The molecule has 0 bridgehead atoms. The standard InChI is InChI=1S/C15H18FN3O/c1-11(2)9-19-15(17-10-18-19)8-14(20)7-12-3-5-13(16)6-4-12/h3-6,10-11H,7-9H2,1-2H3. The number of ketones is 1. The molecule has 106 valence electrons. The van der Waals surface area contributed by atoms with E-state index in [0.717, 1.165) is 12.1 Å². The van der Waals surface area contributed by atoms with Gasteiger partial charge in [0.2, 0.25) is 0 Å². The van der Waals surface area contributed by atoms with Crippen molar-refractivity contribution >= 4 is 5.78 Å². The first-order chi connectivity index (χ1) is 9.54. The van der Waals surface area contributed by atoms with E-state index in [1.807, 2.05) is 0 Å². The Morgan fingerprint density at radius 3 is 2.60 bits per heavy atom. The number of hydrogen-bond acceptors (Lipinski definition) is 3. The van der Waals surface area contributed by atoms with Crippen molar-refractivity contribution in [1.82, 2.24) is 14.8 Å². The van der Waals surface area contributed by atoms with Crippen molar-refractivity contribution in [2.24, 2.45) is 5.92 Å². The monoisotopic (exact) mass is 275 g/mol. The Hall–Kier alpha value is -2.04. The molecule has 20 heavy (non-hydrogen) atoms. The third-order valence-corrected chi connectivity index (χ3v) is 2.90. The number of rotatable bonds is 6. The van der Waals surface area contributed by atoms with Crippen LogP contribution in [0, 0.1) is 11.7 Å². The number of aromatic nitrogens is 3. The largest absolute Gasteiger partial charge is 0.299 e. The zero-order valence-electron chi connectivity index (χ0n) is 11.7. The molecule has 1 heterocycles. The second-order valence-corrected chi connectivity index (χ2v) is 5.27. The lowest BCUT2D eigenvalue weighted by atomic mass is 10.1. The number of hydrogen-bond donors (Lipinski definition) is 0. The molecule has 0 radical (unpaired) electrons. The van der Waals surface area contributed by atoms with Gasteiger partial charge >= 0.3 is 0 Å². The molecular weight excluding hydrogens is 257 g/mol. The van der Waals surface area contributed by atoms with Crippen LogP contribution in [0.4, 0.5) is 4.39 Å². The van der Waals surface area contributed by atoms with Crippen LogP contribution < -0.4 is 0 Å². The molecule has 0 unspecified atom stereocenters. The smallest absolute Gasteiger partial charge is 0.144 e. The van der Waals surface area contributed by atoms with Crippen molar-refractivity contribution in [3.05, 3.63) is 47.8 Å². The molecule has 0 aliphatic rings. The maximum Gasteiger partial charge on any atom is 0.144 e. The summed E-state index contributed by atoms with van der Waals surface area (Å²) in [5.74, 6) is 0.890. The molecular formula is C15H18FN3O. The van der Waals surface area contributed by atoms with Gasteiger partial charge in [-0.2, -0.15) is 5.10 Å². The predicted molar refractivity (Wildman–Crippen MR) is 73.7 cm³/mol. The molecule has 0 saturated carbocycles. The molecule has 0 aliphatic carbocycles. The van der Waals surface area contributed by atoms with Crippen molar-refractivity contribution < 1.29 is 9.18 Å². The minimum Gasteiger partial charge on any atom is -0.299 e. The van der Waals surface area contributed by atoms with Gasteiger partial charge in [0.25, 0.3) is 0 Å². The number of Topliss-reactive ketones (excluding diaryl/α,β-unsaturated/α-hetero) is 1. The average Bonchev–Trinajstić information content (AvgIpc) is 2.78. The lowest BCUT2D eigenvalue weighted by molar-refractivity contribution is -0.117. The molecule has 1 aromatic heterocycles. The second kappa shape index (κ2) is 6.41. The Bertz CT molecular complexity index is 575. The second-order valence-electron chi connectivity index (χ2n) is 5.27. The molecule has 2 rings (SSSR count). The van der Waals surface area contributed by atoms with Gasteiger partial charge in [0, 0.05) is 13.0 Å². The fourth-order valence-electron chi connectivity index (χ4n) is 1.99. The Balaban J connectivity index is 1.98. The summed E-state index contributed by atoms with van der Waals surface area (Å²) in [6, 6.07) is 5.99. The van der Waals surface area contributed by atoms with Crippen molar-refractivity contribution in [3.8, 4) is 0 Å². The summed E-state index contributed by atoms with van der Waals surface area (Å²) in [5.41, 5.74) is 0.811. The first kappa shape index (κ1) is 14.4. The van der Waals surface area contributed by atoms with Gasteiger partial charge < -0.3 is 0 Å². The van der Waals surface area contributed by atoms with Crippen LogP contribution in [0.25, 0.3) is 0 Å². The Morgan fingerprint density at radius 1 is 1.25 bits per heavy atom. The summed E-state index contributed by atoms with van der Waals surface area (Å²) in [5, 5.41) is 4.13. The minimum absolute atomic E-state index is 0.0506. The van der Waals surface area contributed by atoms with Crippen molar-refractivity contribution in [3.63, 3.8) is 0 Å². The fraction of sp³-hybridized carbons (Fsp3) is 0.400. The van der Waals surface area contributed by atoms with E-state index < -0.39 is 0 Å². The zero-order valence-corrected chi connectivity index (χ0v) is 11.7. The molecule has 4 nitrogen and oxygen atoms in total. The van der Waals surface area contributed by atoms with Crippen molar-refractivity contribution in [2.45, 2.75) is 33.2 Å². The van der Waals surface area contributed by atoms with Crippen LogP contribution in [0.15, 0.2) is 30.6 Å². The highest BCUT2D eigenvalue weighted by Crippen LogP contribution is 2.07. The van der Waals surface area contributed by atoms with Gasteiger partial charge in [-0.15, -0.1) is 0 Å². The topological polar surface area (TPSA) is 47.8 Å². The molecule has 0 aliphatic heterocycles. The summed E-state index contributed by atoms with van der Waals surface area (Å²) in [6.07, 6.45) is 2.02. The van der Waals surface area contributed by atoms with Gasteiger partial charge in [-0.05, 0) is 23.6 Å². The maximum absolute atomic E-state index is 12.8. The zero-order chi connectivity index (χ0) is 14.5. The van der Waals surface area contributed by atoms with Gasteiger partial charge in [0.1, 0.15) is 23.8 Å². The Kier molecular flexibility index (Phi) is 4.61. The van der Waals surface area contributed by atoms with Crippen LogP contribution in [-0.2, 0) is 24.2 Å². The lowest BCUT2D eigenvalue weighted by Crippen LogP contribution is -2.15. The Morgan fingerprint density at radius 2 is 1.95 bits per heavy atom. The maximum atomic E-state index is 12.8. The third-order valence-electron chi connectivity index (χ3n) is 2.90. The molecule has 0 N–H and O–H groups in total. The van der Waals surface area contributed by atoms with E-state index in [9.17, 15) is 9.18 Å². The molecule has 1 aromatic carbocycles. The van der Waals surface area contributed by atoms with Gasteiger partial charge in [-0.1, -0.05) is 26.0 Å². The first-order valence-corrected chi connectivity index (χ1v) is 6.67. The van der Waals surface area contributed by atoms with Gasteiger partial charge in [-0.25, -0.2) is 14.1 Å². The summed E-state index contributed by atoms with van der Waals surface area (Å²) in [4.78, 5) is 16.2. The predicted octanol–water partition coefficient (Wildman–Crippen LogP) is 2.43. The first-order valence-electron chi connectivity index (χ1n) is 6.67. The number of benzene rings is 1. The van der Waals surface area contributed by atoms with E-state index >= 15 is 0 Å². The van der Waals surface area contributed by atoms with Crippen LogP contribution in [0.3, 0.4) is 0 Å². The van der Waals surface area contributed by atoms with E-state index in [1.165, 1.54) is 18.5 Å². The normalized spacial score (nSPS) is 11.0. The number of carbonyl (C=O) groups is 1. The minimum atomic E-state index is -0.294. The SMILES string of the molecule is CC(C)Cn1ncnc1CC(=O)Cc1ccc(F)cc1. The third kappa shape index (κ3) is 3.98. The van der Waals surface area contributed by atoms with Crippen LogP contribution in [-0.4, -0.2) is 20.5 Å². The van der Waals surface area contributed by atoms with E-state index in [0.29, 0.717) is 11.7 Å². The Labute approximate surface area is 117 Å². The van der Waals surface area contributed by atoms with E-state index in [1.54, 1.807) is 16.8 Å². The fourth-order valence-corrected chi connectivity index (χ4v) is 1.99. The van der Waals surface area contributed by atoms with Gasteiger partial charge in [-0.3, -0.25) is 4.79 Å². The quantitative estimate of drug-likeness (QED) is 0.813. The summed E-state index contributed by atoms with van der Waals surface area (Å²) < 4.78 is 14.6. The molecule has 0 amide bonds. The van der Waals surface area contributed by atoms with Crippen LogP contribution in [0.1, 0.15) is 25.2 Å². The van der Waals surface area contributed by atoms with E-state index in [4.69, 9.17) is 0 Å². The van der Waals surface area contributed by atoms with Crippen LogP contribution in [0.2, 0.25) is 0 Å². The van der Waals surface area contributed by atoms with Crippen LogP contribution in [0.5, 0.6) is 0 Å². The summed E-state index contributed by atoms with van der Waals surface area (Å²) in [7, 11) is 0. The molecule has 2 aromatic rings. The van der Waals surface area contributed by atoms with E-state index in [2.05, 4.69) is 23.9 Å². The average molecular weight is 275 g/mol. The molecule has 0 atom stereocenters. The lowest BCUT2D eigenvalue weighted by Gasteiger charge is -2.08. The van der Waals surface area contributed by atoms with Gasteiger partial charge in [0.15, 0.2) is 0 Å². The highest BCUT2D eigenvalue weighted by atomic mass is 19.1. The molecule has 0 spiro atoms. The van der Waals surface area contributed by atoms with Crippen molar-refractivity contribution in [2.75, 3.05) is 0 Å².